The SMILES string of the molecule is CC(=O)c1ccccc1Sc1cc(Cl)ccc1Cl. The molecule has 0 atom stereocenters. The summed E-state index contributed by atoms with van der Waals surface area (Å²) in [6.45, 7) is 1.55. The molecule has 18 heavy (non-hydrogen) atoms. The van der Waals surface area contributed by atoms with E-state index in [-0.39, 0.29) is 5.78 Å². The number of ketones is 1. The molecule has 0 fully saturated rings. The Morgan fingerprint density at radius 1 is 1.06 bits per heavy atom. The van der Waals surface area contributed by atoms with Gasteiger partial charge in [-0.05, 0) is 31.2 Å². The van der Waals surface area contributed by atoms with Crippen molar-refractivity contribution in [2.24, 2.45) is 0 Å². The van der Waals surface area contributed by atoms with Crippen LogP contribution >= 0.6 is 35.0 Å². The van der Waals surface area contributed by atoms with Gasteiger partial charge < -0.3 is 0 Å². The van der Waals surface area contributed by atoms with Gasteiger partial charge in [-0.15, -0.1) is 0 Å². The first kappa shape index (κ1) is 13.5. The van der Waals surface area contributed by atoms with Crippen molar-refractivity contribution >= 4 is 40.7 Å². The fraction of sp³-hybridized carbons (Fsp3) is 0.0714. The summed E-state index contributed by atoms with van der Waals surface area (Å²) in [6, 6.07) is 12.7. The van der Waals surface area contributed by atoms with Crippen LogP contribution in [-0.4, -0.2) is 5.78 Å². The molecule has 0 spiro atoms. The summed E-state index contributed by atoms with van der Waals surface area (Å²) in [5.41, 5.74) is 0.693. The molecule has 0 saturated heterocycles. The van der Waals surface area contributed by atoms with Gasteiger partial charge >= 0.3 is 0 Å². The Labute approximate surface area is 120 Å². The summed E-state index contributed by atoms with van der Waals surface area (Å²) in [5, 5.41) is 1.25. The minimum atomic E-state index is 0.0382. The molecule has 2 aromatic rings. The van der Waals surface area contributed by atoms with E-state index in [4.69, 9.17) is 23.2 Å². The molecule has 0 radical (unpaired) electrons. The van der Waals surface area contributed by atoms with Crippen LogP contribution in [0.2, 0.25) is 10.0 Å². The third-order valence-electron chi connectivity index (χ3n) is 2.38. The third-order valence-corrected chi connectivity index (χ3v) is 4.19. The molecule has 0 amide bonds. The number of carbonyl (C=O) groups excluding carboxylic acids is 1. The largest absolute Gasteiger partial charge is 0.294 e. The monoisotopic (exact) mass is 296 g/mol. The minimum Gasteiger partial charge on any atom is -0.294 e. The van der Waals surface area contributed by atoms with Crippen molar-refractivity contribution < 1.29 is 4.79 Å². The number of hydrogen-bond donors (Lipinski definition) is 0. The Hall–Kier alpha value is -0.960. The van der Waals surface area contributed by atoms with Crippen LogP contribution < -0.4 is 0 Å². The number of Topliss-reactive ketones (excluding diaryl/α,β-unsaturated/α-hetero) is 1. The summed E-state index contributed by atoms with van der Waals surface area (Å²) in [4.78, 5) is 13.3. The quantitative estimate of drug-likeness (QED) is 0.711. The maximum atomic E-state index is 11.5. The first-order valence-corrected chi connectivity index (χ1v) is 6.88. The van der Waals surface area contributed by atoms with Crippen molar-refractivity contribution in [3.8, 4) is 0 Å². The normalized spacial score (nSPS) is 10.4. The lowest BCUT2D eigenvalue weighted by Gasteiger charge is -2.08. The van der Waals surface area contributed by atoms with Crippen LogP contribution in [0.1, 0.15) is 17.3 Å². The standard InChI is InChI=1S/C14H10Cl2OS/c1-9(17)11-4-2-3-5-13(11)18-14-8-10(15)6-7-12(14)16/h2-8H,1H3. The molecule has 2 aromatic carbocycles. The summed E-state index contributed by atoms with van der Waals surface area (Å²) in [6.07, 6.45) is 0. The zero-order valence-electron chi connectivity index (χ0n) is 9.61. The predicted octanol–water partition coefficient (Wildman–Crippen LogP) is 5.35. The van der Waals surface area contributed by atoms with Gasteiger partial charge in [0.2, 0.25) is 0 Å². The van der Waals surface area contributed by atoms with E-state index in [9.17, 15) is 4.79 Å². The lowest BCUT2D eigenvalue weighted by atomic mass is 10.1. The Morgan fingerprint density at radius 2 is 1.78 bits per heavy atom. The van der Waals surface area contributed by atoms with Crippen LogP contribution in [0.25, 0.3) is 0 Å². The number of halogens is 2. The molecule has 2 rings (SSSR count). The van der Waals surface area contributed by atoms with Crippen molar-refractivity contribution in [2.45, 2.75) is 16.7 Å². The molecule has 4 heteroatoms. The van der Waals surface area contributed by atoms with Crippen LogP contribution in [0.15, 0.2) is 52.3 Å². The topological polar surface area (TPSA) is 17.1 Å². The summed E-state index contributed by atoms with van der Waals surface area (Å²) in [7, 11) is 0. The number of hydrogen-bond acceptors (Lipinski definition) is 2. The maximum absolute atomic E-state index is 11.5. The van der Waals surface area contributed by atoms with E-state index in [1.54, 1.807) is 25.1 Å². The summed E-state index contributed by atoms with van der Waals surface area (Å²) >= 11 is 13.5. The molecule has 92 valence electrons. The smallest absolute Gasteiger partial charge is 0.160 e. The van der Waals surface area contributed by atoms with Gasteiger partial charge in [0.25, 0.3) is 0 Å². The van der Waals surface area contributed by atoms with Gasteiger partial charge in [0, 0.05) is 20.4 Å². The van der Waals surface area contributed by atoms with E-state index in [0.29, 0.717) is 15.6 Å². The lowest BCUT2D eigenvalue weighted by molar-refractivity contribution is 0.101. The second-order valence-electron chi connectivity index (χ2n) is 3.73. The van der Waals surface area contributed by atoms with Gasteiger partial charge in [-0.1, -0.05) is 53.2 Å². The van der Waals surface area contributed by atoms with Crippen molar-refractivity contribution in [1.29, 1.82) is 0 Å². The van der Waals surface area contributed by atoms with Crippen molar-refractivity contribution in [1.82, 2.24) is 0 Å². The molecule has 0 aliphatic carbocycles. The van der Waals surface area contributed by atoms with Gasteiger partial charge in [-0.25, -0.2) is 0 Å². The number of rotatable bonds is 3. The molecule has 0 aliphatic rings. The molecule has 0 aliphatic heterocycles. The van der Waals surface area contributed by atoms with Gasteiger partial charge in [-0.2, -0.15) is 0 Å². The fourth-order valence-corrected chi connectivity index (χ4v) is 3.05. The Kier molecular flexibility index (Phi) is 4.33. The van der Waals surface area contributed by atoms with Gasteiger partial charge in [0.15, 0.2) is 5.78 Å². The fourth-order valence-electron chi connectivity index (χ4n) is 1.52. The summed E-state index contributed by atoms with van der Waals surface area (Å²) in [5.74, 6) is 0.0382. The highest BCUT2D eigenvalue weighted by Gasteiger charge is 2.10. The zero-order chi connectivity index (χ0) is 13.1. The van der Waals surface area contributed by atoms with Crippen LogP contribution in [0.5, 0.6) is 0 Å². The Bertz CT molecular complexity index is 596. The van der Waals surface area contributed by atoms with Gasteiger partial charge in [-0.3, -0.25) is 4.79 Å². The van der Waals surface area contributed by atoms with E-state index in [1.807, 2.05) is 24.3 Å². The number of carbonyl (C=O) groups is 1. The first-order chi connectivity index (χ1) is 8.58. The highest BCUT2D eigenvalue weighted by atomic mass is 35.5. The first-order valence-electron chi connectivity index (χ1n) is 5.31. The van der Waals surface area contributed by atoms with E-state index >= 15 is 0 Å². The van der Waals surface area contributed by atoms with E-state index in [2.05, 4.69) is 0 Å². The van der Waals surface area contributed by atoms with E-state index in [0.717, 1.165) is 9.79 Å². The molecule has 0 aromatic heterocycles. The minimum absolute atomic E-state index is 0.0382. The van der Waals surface area contributed by atoms with Gasteiger partial charge in [0.1, 0.15) is 0 Å². The highest BCUT2D eigenvalue weighted by Crippen LogP contribution is 2.36. The second kappa shape index (κ2) is 5.79. The zero-order valence-corrected chi connectivity index (χ0v) is 11.9. The third kappa shape index (κ3) is 3.08. The predicted molar refractivity (Wildman–Crippen MR) is 77.0 cm³/mol. The van der Waals surface area contributed by atoms with E-state index < -0.39 is 0 Å². The molecular weight excluding hydrogens is 287 g/mol. The second-order valence-corrected chi connectivity index (χ2v) is 5.66. The van der Waals surface area contributed by atoms with Crippen LogP contribution in [0.4, 0.5) is 0 Å². The molecular formula is C14H10Cl2OS. The van der Waals surface area contributed by atoms with Crippen LogP contribution in [0.3, 0.4) is 0 Å². The van der Waals surface area contributed by atoms with E-state index in [1.165, 1.54) is 11.8 Å². The van der Waals surface area contributed by atoms with Crippen LogP contribution in [0, 0.1) is 0 Å². The summed E-state index contributed by atoms with van der Waals surface area (Å²) < 4.78 is 0. The molecule has 0 heterocycles. The Morgan fingerprint density at radius 3 is 2.50 bits per heavy atom. The molecule has 0 N–H and O–H groups in total. The number of benzene rings is 2. The van der Waals surface area contributed by atoms with Crippen LogP contribution in [-0.2, 0) is 0 Å². The van der Waals surface area contributed by atoms with Crippen molar-refractivity contribution in [3.05, 3.63) is 58.1 Å². The average Bonchev–Trinajstić information content (AvgIpc) is 2.34. The lowest BCUT2D eigenvalue weighted by Crippen LogP contribution is -1.94. The molecule has 0 unspecified atom stereocenters. The Balaban J connectivity index is 2.40. The van der Waals surface area contributed by atoms with Crippen molar-refractivity contribution in [3.63, 3.8) is 0 Å². The molecule has 0 saturated carbocycles. The maximum Gasteiger partial charge on any atom is 0.160 e. The molecule has 1 nitrogen and oxygen atoms in total. The van der Waals surface area contributed by atoms with Gasteiger partial charge in [0.05, 0.1) is 5.02 Å². The van der Waals surface area contributed by atoms with Crippen molar-refractivity contribution in [2.75, 3.05) is 0 Å². The average molecular weight is 297 g/mol. The highest BCUT2D eigenvalue weighted by molar-refractivity contribution is 7.99. The molecule has 0 bridgehead atoms.